The maximum absolute atomic E-state index is 12.6. The number of nitrogens with one attached hydrogen (secondary N) is 2. The molecule has 4 N–H and O–H groups in total. The minimum absolute atomic E-state index is 0.00427. The number of methoxy groups -OCH3 is 1. The Morgan fingerprint density at radius 1 is 1.12 bits per heavy atom. The highest BCUT2D eigenvalue weighted by molar-refractivity contribution is 5.94. The van der Waals surface area contributed by atoms with Crippen molar-refractivity contribution >= 4 is 11.9 Å². The van der Waals surface area contributed by atoms with Crippen LogP contribution in [0.2, 0.25) is 0 Å². The van der Waals surface area contributed by atoms with Crippen molar-refractivity contribution in [2.45, 2.75) is 25.4 Å². The van der Waals surface area contributed by atoms with Crippen molar-refractivity contribution in [2.75, 3.05) is 7.11 Å². The Balaban J connectivity index is 1.67. The molecule has 3 rings (SSSR count). The molecule has 6 nitrogen and oxygen atoms in total. The number of primary amides is 1. The molecule has 0 aromatic heterocycles. The van der Waals surface area contributed by atoms with Crippen LogP contribution in [0.15, 0.2) is 48.5 Å². The first-order valence-corrected chi connectivity index (χ1v) is 8.64. The van der Waals surface area contributed by atoms with E-state index in [4.69, 9.17) is 10.5 Å². The van der Waals surface area contributed by atoms with E-state index in [2.05, 4.69) is 10.6 Å². The van der Waals surface area contributed by atoms with Crippen LogP contribution in [0.1, 0.15) is 40.4 Å². The fraction of sp³-hybridized carbons (Fsp3) is 0.300. The number of benzene rings is 2. The summed E-state index contributed by atoms with van der Waals surface area (Å²) in [6.07, 6.45) is 2.24. The van der Waals surface area contributed by atoms with Gasteiger partial charge in [-0.05, 0) is 54.2 Å². The topological polar surface area (TPSA) is 93.4 Å². The fourth-order valence-electron chi connectivity index (χ4n) is 2.90. The van der Waals surface area contributed by atoms with E-state index >= 15 is 0 Å². The molecule has 0 aliphatic heterocycles. The maximum atomic E-state index is 12.6. The molecule has 0 saturated heterocycles. The Hall–Kier alpha value is -3.02. The van der Waals surface area contributed by atoms with Gasteiger partial charge in [0.15, 0.2) is 0 Å². The monoisotopic (exact) mass is 353 g/mol. The van der Waals surface area contributed by atoms with Crippen LogP contribution in [-0.4, -0.2) is 19.0 Å². The zero-order chi connectivity index (χ0) is 18.5. The van der Waals surface area contributed by atoms with Crippen LogP contribution in [0.3, 0.4) is 0 Å². The Morgan fingerprint density at radius 2 is 1.77 bits per heavy atom. The summed E-state index contributed by atoms with van der Waals surface area (Å²) in [5, 5.41) is 5.67. The van der Waals surface area contributed by atoms with Gasteiger partial charge in [-0.2, -0.15) is 0 Å². The summed E-state index contributed by atoms with van der Waals surface area (Å²) < 4.78 is 5.20. The van der Waals surface area contributed by atoms with Gasteiger partial charge in [0.05, 0.1) is 13.2 Å². The number of rotatable bonds is 7. The molecule has 136 valence electrons. The highest BCUT2D eigenvalue weighted by atomic mass is 16.5. The van der Waals surface area contributed by atoms with Gasteiger partial charge in [0.1, 0.15) is 5.75 Å². The van der Waals surface area contributed by atoms with Gasteiger partial charge in [0.25, 0.3) is 5.91 Å². The van der Waals surface area contributed by atoms with Gasteiger partial charge in [0.2, 0.25) is 0 Å². The van der Waals surface area contributed by atoms with Gasteiger partial charge in [-0.25, -0.2) is 4.79 Å². The first-order chi connectivity index (χ1) is 12.6. The minimum Gasteiger partial charge on any atom is -0.497 e. The Bertz CT molecular complexity index is 768. The van der Waals surface area contributed by atoms with E-state index in [1.807, 2.05) is 36.4 Å². The average molecular weight is 353 g/mol. The zero-order valence-corrected chi connectivity index (χ0v) is 14.7. The summed E-state index contributed by atoms with van der Waals surface area (Å²) in [6.45, 7) is 0.341. The first kappa shape index (κ1) is 17.8. The third-order valence-corrected chi connectivity index (χ3v) is 4.54. The average Bonchev–Trinajstić information content (AvgIpc) is 3.50. The van der Waals surface area contributed by atoms with E-state index in [-0.39, 0.29) is 11.9 Å². The van der Waals surface area contributed by atoms with E-state index in [0.29, 0.717) is 18.0 Å². The Kier molecular flexibility index (Phi) is 5.41. The van der Waals surface area contributed by atoms with Crippen LogP contribution in [0.5, 0.6) is 5.75 Å². The lowest BCUT2D eigenvalue weighted by Gasteiger charge is -2.19. The lowest BCUT2D eigenvalue weighted by atomic mass is 10.0. The molecule has 0 spiro atoms. The molecule has 1 aliphatic rings. The Morgan fingerprint density at radius 3 is 2.31 bits per heavy atom. The molecule has 6 heteroatoms. The fourth-order valence-corrected chi connectivity index (χ4v) is 2.90. The number of hydrogen-bond donors (Lipinski definition) is 3. The number of carbonyl (C=O) groups is 2. The molecular formula is C20H23N3O3. The van der Waals surface area contributed by atoms with Crippen molar-refractivity contribution in [2.24, 2.45) is 11.7 Å². The predicted molar refractivity (Wildman–Crippen MR) is 98.8 cm³/mol. The molecule has 1 aliphatic carbocycles. The van der Waals surface area contributed by atoms with Crippen LogP contribution in [-0.2, 0) is 6.54 Å². The van der Waals surface area contributed by atoms with E-state index in [0.717, 1.165) is 29.7 Å². The number of ether oxygens (including phenoxy) is 1. The molecule has 0 bridgehead atoms. The van der Waals surface area contributed by atoms with Gasteiger partial charge >= 0.3 is 6.03 Å². The number of carbonyl (C=O) groups excluding carboxylic acids is 2. The van der Waals surface area contributed by atoms with E-state index in [1.165, 1.54) is 0 Å². The molecule has 2 aromatic rings. The van der Waals surface area contributed by atoms with E-state index in [9.17, 15) is 9.59 Å². The van der Waals surface area contributed by atoms with Crippen LogP contribution in [0.4, 0.5) is 4.79 Å². The molecule has 1 unspecified atom stereocenters. The van der Waals surface area contributed by atoms with E-state index < -0.39 is 6.03 Å². The third kappa shape index (κ3) is 4.53. The number of urea groups is 1. The van der Waals surface area contributed by atoms with Crippen molar-refractivity contribution < 1.29 is 14.3 Å². The van der Waals surface area contributed by atoms with Crippen molar-refractivity contribution in [3.63, 3.8) is 0 Å². The second-order valence-corrected chi connectivity index (χ2v) is 6.48. The van der Waals surface area contributed by atoms with Crippen LogP contribution in [0.25, 0.3) is 0 Å². The molecule has 26 heavy (non-hydrogen) atoms. The quantitative estimate of drug-likeness (QED) is 0.714. The van der Waals surface area contributed by atoms with Crippen molar-refractivity contribution in [3.8, 4) is 5.75 Å². The normalized spacial score (nSPS) is 14.3. The van der Waals surface area contributed by atoms with Gasteiger partial charge in [-0.3, -0.25) is 4.79 Å². The summed E-state index contributed by atoms with van der Waals surface area (Å²) >= 11 is 0. The summed E-state index contributed by atoms with van der Waals surface area (Å²) in [4.78, 5) is 23.4. The number of nitrogens with two attached hydrogens (primary N) is 1. The van der Waals surface area contributed by atoms with E-state index in [1.54, 1.807) is 19.2 Å². The lowest BCUT2D eigenvalue weighted by molar-refractivity contribution is 0.0931. The maximum Gasteiger partial charge on any atom is 0.312 e. The van der Waals surface area contributed by atoms with Crippen molar-refractivity contribution in [1.82, 2.24) is 10.6 Å². The van der Waals surface area contributed by atoms with Crippen molar-refractivity contribution in [3.05, 3.63) is 65.2 Å². The van der Waals surface area contributed by atoms with Crippen LogP contribution in [0, 0.1) is 5.92 Å². The third-order valence-electron chi connectivity index (χ3n) is 4.54. The Labute approximate surface area is 152 Å². The largest absolute Gasteiger partial charge is 0.497 e. The second kappa shape index (κ2) is 7.91. The number of amides is 3. The molecular weight excluding hydrogens is 330 g/mol. The summed E-state index contributed by atoms with van der Waals surface area (Å²) in [5.74, 6) is 1.17. The summed E-state index contributed by atoms with van der Waals surface area (Å²) in [6, 6.07) is 14.4. The summed E-state index contributed by atoms with van der Waals surface area (Å²) in [7, 11) is 1.64. The van der Waals surface area contributed by atoms with Gasteiger partial charge in [-0.15, -0.1) is 0 Å². The minimum atomic E-state index is -0.571. The molecule has 3 amide bonds. The molecule has 1 atom stereocenters. The highest BCUT2D eigenvalue weighted by Gasteiger charge is 2.33. The smallest absolute Gasteiger partial charge is 0.312 e. The van der Waals surface area contributed by atoms with Gasteiger partial charge < -0.3 is 21.1 Å². The van der Waals surface area contributed by atoms with Gasteiger partial charge in [-0.1, -0.05) is 24.3 Å². The van der Waals surface area contributed by atoms with Crippen LogP contribution >= 0.6 is 0 Å². The molecule has 0 radical (unpaired) electrons. The number of hydrogen-bond acceptors (Lipinski definition) is 3. The SMILES string of the molecule is COc1ccc(C(NC(=O)c2ccc(CNC(N)=O)cc2)C2CC2)cc1. The summed E-state index contributed by atoms with van der Waals surface area (Å²) in [5.41, 5.74) is 7.62. The molecule has 2 aromatic carbocycles. The molecule has 0 heterocycles. The molecule has 1 saturated carbocycles. The lowest BCUT2D eigenvalue weighted by Crippen LogP contribution is -2.30. The van der Waals surface area contributed by atoms with Crippen LogP contribution < -0.4 is 21.1 Å². The zero-order valence-electron chi connectivity index (χ0n) is 14.7. The van der Waals surface area contributed by atoms with Gasteiger partial charge in [0, 0.05) is 12.1 Å². The van der Waals surface area contributed by atoms with Crippen molar-refractivity contribution in [1.29, 1.82) is 0 Å². The standard InChI is InChI=1S/C20H23N3O3/c1-26-17-10-8-15(9-11-17)18(14-6-7-14)23-19(24)16-4-2-13(3-5-16)12-22-20(21)25/h2-5,8-11,14,18H,6-7,12H2,1H3,(H,23,24)(H3,21,22,25). The highest BCUT2D eigenvalue weighted by Crippen LogP contribution is 2.41. The first-order valence-electron chi connectivity index (χ1n) is 8.64. The second-order valence-electron chi connectivity index (χ2n) is 6.48. The predicted octanol–water partition coefficient (Wildman–Crippen LogP) is 2.74. The molecule has 1 fully saturated rings.